The Morgan fingerprint density at radius 1 is 1.17 bits per heavy atom. The third-order valence-corrected chi connectivity index (χ3v) is 4.72. The first kappa shape index (κ1) is 14.3. The van der Waals surface area contributed by atoms with Crippen LogP contribution in [-0.2, 0) is 12.0 Å². The second kappa shape index (κ2) is 5.70. The van der Waals surface area contributed by atoms with Crippen LogP contribution in [0.25, 0.3) is 11.5 Å². The largest absolute Gasteiger partial charge is 0.460 e. The van der Waals surface area contributed by atoms with Crippen LogP contribution in [0.4, 0.5) is 0 Å². The lowest BCUT2D eigenvalue weighted by atomic mass is 9.96. The Kier molecular flexibility index (Phi) is 3.54. The van der Waals surface area contributed by atoms with Gasteiger partial charge in [0.2, 0.25) is 0 Å². The summed E-state index contributed by atoms with van der Waals surface area (Å²) in [6, 6.07) is 14.8. The highest BCUT2D eigenvalue weighted by atomic mass is 16.3. The van der Waals surface area contributed by atoms with Gasteiger partial charge in [-0.2, -0.15) is 5.10 Å². The molecule has 0 amide bonds. The monoisotopic (exact) mass is 307 g/mol. The molecule has 0 aliphatic heterocycles. The first-order valence-corrected chi connectivity index (χ1v) is 8.12. The van der Waals surface area contributed by atoms with Crippen LogP contribution in [0, 0.1) is 6.92 Å². The van der Waals surface area contributed by atoms with Gasteiger partial charge in [0, 0.05) is 24.1 Å². The Morgan fingerprint density at radius 3 is 2.70 bits per heavy atom. The molecule has 0 unspecified atom stereocenters. The van der Waals surface area contributed by atoms with Gasteiger partial charge in [0.1, 0.15) is 11.5 Å². The van der Waals surface area contributed by atoms with Gasteiger partial charge in [0.15, 0.2) is 5.76 Å². The average molecular weight is 307 g/mol. The van der Waals surface area contributed by atoms with E-state index in [4.69, 9.17) is 4.42 Å². The Bertz CT molecular complexity index is 784. The second-order valence-electron chi connectivity index (χ2n) is 6.43. The van der Waals surface area contributed by atoms with E-state index in [0.29, 0.717) is 5.41 Å². The third kappa shape index (κ3) is 2.82. The van der Waals surface area contributed by atoms with E-state index in [9.17, 15) is 0 Å². The van der Waals surface area contributed by atoms with Crippen molar-refractivity contribution >= 4 is 0 Å². The summed E-state index contributed by atoms with van der Waals surface area (Å²) in [7, 11) is 0. The molecule has 2 N–H and O–H groups in total. The van der Waals surface area contributed by atoms with E-state index in [2.05, 4.69) is 45.8 Å². The summed E-state index contributed by atoms with van der Waals surface area (Å²) >= 11 is 0. The highest BCUT2D eigenvalue weighted by Gasteiger charge is 2.43. The standard InChI is InChI=1S/C19H21N3O/c1-14-7-8-17(23-14)18-15(12-21-22-18)11-20-13-19(9-10-19)16-5-3-2-4-6-16/h2-8,12,20H,9-11,13H2,1H3,(H,21,22). The summed E-state index contributed by atoms with van der Waals surface area (Å²) in [6.07, 6.45) is 4.40. The SMILES string of the molecule is Cc1ccc(-c2[nH]ncc2CNCC2(c3ccccc3)CC2)o1. The number of hydrogen-bond donors (Lipinski definition) is 2. The van der Waals surface area contributed by atoms with Gasteiger partial charge in [0.25, 0.3) is 0 Å². The minimum atomic E-state index is 0.326. The summed E-state index contributed by atoms with van der Waals surface area (Å²) in [4.78, 5) is 0. The Balaban J connectivity index is 1.42. The highest BCUT2D eigenvalue weighted by Crippen LogP contribution is 2.47. The van der Waals surface area contributed by atoms with Crippen LogP contribution < -0.4 is 5.32 Å². The lowest BCUT2D eigenvalue weighted by molar-refractivity contribution is 0.543. The molecule has 1 saturated carbocycles. The molecular weight excluding hydrogens is 286 g/mol. The molecule has 4 rings (SSSR count). The average Bonchev–Trinajstić information content (AvgIpc) is 3.00. The summed E-state index contributed by atoms with van der Waals surface area (Å²) < 4.78 is 5.70. The van der Waals surface area contributed by atoms with Crippen LogP contribution in [-0.4, -0.2) is 16.7 Å². The molecule has 0 radical (unpaired) electrons. The Hall–Kier alpha value is -2.33. The van der Waals surface area contributed by atoms with E-state index in [1.54, 1.807) is 0 Å². The van der Waals surface area contributed by atoms with Crippen LogP contribution in [0.15, 0.2) is 53.1 Å². The predicted molar refractivity (Wildman–Crippen MR) is 90.1 cm³/mol. The van der Waals surface area contributed by atoms with E-state index < -0.39 is 0 Å². The van der Waals surface area contributed by atoms with Crippen molar-refractivity contribution < 1.29 is 4.42 Å². The van der Waals surface area contributed by atoms with Gasteiger partial charge in [-0.3, -0.25) is 5.10 Å². The van der Waals surface area contributed by atoms with Crippen LogP contribution in [0.5, 0.6) is 0 Å². The molecule has 1 fully saturated rings. The van der Waals surface area contributed by atoms with Gasteiger partial charge in [-0.05, 0) is 37.5 Å². The number of furan rings is 1. The fraction of sp³-hybridized carbons (Fsp3) is 0.316. The zero-order valence-electron chi connectivity index (χ0n) is 13.3. The van der Waals surface area contributed by atoms with E-state index in [0.717, 1.165) is 35.9 Å². The molecule has 4 heteroatoms. The number of nitrogens with zero attached hydrogens (tertiary/aromatic N) is 1. The van der Waals surface area contributed by atoms with Gasteiger partial charge < -0.3 is 9.73 Å². The second-order valence-corrected chi connectivity index (χ2v) is 6.43. The van der Waals surface area contributed by atoms with Crippen molar-refractivity contribution in [2.45, 2.75) is 31.7 Å². The maximum atomic E-state index is 5.70. The molecule has 3 aromatic rings. The number of hydrogen-bond acceptors (Lipinski definition) is 3. The van der Waals surface area contributed by atoms with Crippen LogP contribution in [0.1, 0.15) is 29.7 Å². The van der Waals surface area contributed by atoms with Gasteiger partial charge in [-0.15, -0.1) is 0 Å². The molecule has 0 atom stereocenters. The molecule has 118 valence electrons. The zero-order chi connectivity index (χ0) is 15.7. The first-order valence-electron chi connectivity index (χ1n) is 8.12. The van der Waals surface area contributed by atoms with Crippen LogP contribution in [0.2, 0.25) is 0 Å². The molecule has 23 heavy (non-hydrogen) atoms. The molecule has 1 aliphatic carbocycles. The Morgan fingerprint density at radius 2 is 2.00 bits per heavy atom. The van der Waals surface area contributed by atoms with Crippen molar-refractivity contribution in [1.29, 1.82) is 0 Å². The minimum absolute atomic E-state index is 0.326. The Labute approximate surface area is 135 Å². The number of H-pyrrole nitrogens is 1. The molecule has 0 bridgehead atoms. The summed E-state index contributed by atoms with van der Waals surface area (Å²) in [5.41, 5.74) is 3.88. The molecule has 0 spiro atoms. The molecular formula is C19H21N3O. The van der Waals surface area contributed by atoms with E-state index in [1.807, 2.05) is 25.3 Å². The number of aromatic nitrogens is 2. The van der Waals surface area contributed by atoms with Crippen molar-refractivity contribution in [3.8, 4) is 11.5 Å². The molecule has 2 heterocycles. The summed E-state index contributed by atoms with van der Waals surface area (Å²) in [6.45, 7) is 3.74. The maximum absolute atomic E-state index is 5.70. The van der Waals surface area contributed by atoms with E-state index in [-0.39, 0.29) is 0 Å². The molecule has 0 saturated heterocycles. The topological polar surface area (TPSA) is 53.9 Å². The fourth-order valence-electron chi connectivity index (χ4n) is 3.17. The number of benzene rings is 1. The molecule has 4 nitrogen and oxygen atoms in total. The van der Waals surface area contributed by atoms with Crippen LogP contribution in [0.3, 0.4) is 0 Å². The van der Waals surface area contributed by atoms with Crippen molar-refractivity contribution in [2.24, 2.45) is 0 Å². The normalized spacial score (nSPS) is 15.7. The van der Waals surface area contributed by atoms with Gasteiger partial charge in [-0.25, -0.2) is 0 Å². The summed E-state index contributed by atoms with van der Waals surface area (Å²) in [5, 5.41) is 10.8. The molecule has 1 aromatic carbocycles. The highest BCUT2D eigenvalue weighted by molar-refractivity contribution is 5.56. The lowest BCUT2D eigenvalue weighted by Gasteiger charge is -2.16. The number of aryl methyl sites for hydroxylation is 1. The van der Waals surface area contributed by atoms with Crippen LogP contribution >= 0.6 is 0 Å². The fourth-order valence-corrected chi connectivity index (χ4v) is 3.17. The molecule has 2 aromatic heterocycles. The van der Waals surface area contributed by atoms with Crippen molar-refractivity contribution in [2.75, 3.05) is 6.54 Å². The van der Waals surface area contributed by atoms with Crippen molar-refractivity contribution in [3.05, 3.63) is 65.5 Å². The number of nitrogens with one attached hydrogen (secondary N) is 2. The number of aromatic amines is 1. The van der Waals surface area contributed by atoms with Gasteiger partial charge in [-0.1, -0.05) is 30.3 Å². The maximum Gasteiger partial charge on any atom is 0.152 e. The van der Waals surface area contributed by atoms with Crippen molar-refractivity contribution in [1.82, 2.24) is 15.5 Å². The van der Waals surface area contributed by atoms with Gasteiger partial charge in [0.05, 0.1) is 6.20 Å². The minimum Gasteiger partial charge on any atom is -0.460 e. The smallest absolute Gasteiger partial charge is 0.152 e. The van der Waals surface area contributed by atoms with E-state index in [1.165, 1.54) is 18.4 Å². The van der Waals surface area contributed by atoms with E-state index >= 15 is 0 Å². The van der Waals surface area contributed by atoms with Crippen molar-refractivity contribution in [3.63, 3.8) is 0 Å². The summed E-state index contributed by atoms with van der Waals surface area (Å²) in [5.74, 6) is 1.76. The first-order chi connectivity index (χ1) is 11.3. The quantitative estimate of drug-likeness (QED) is 0.728. The van der Waals surface area contributed by atoms with Gasteiger partial charge >= 0.3 is 0 Å². The predicted octanol–water partition coefficient (Wildman–Crippen LogP) is 3.80. The zero-order valence-corrected chi connectivity index (χ0v) is 13.3. The number of rotatable bonds is 6. The third-order valence-electron chi connectivity index (χ3n) is 4.72. The molecule has 1 aliphatic rings. The lowest BCUT2D eigenvalue weighted by Crippen LogP contribution is -2.26.